The van der Waals surface area contributed by atoms with Gasteiger partial charge in [0.2, 0.25) is 11.8 Å². The van der Waals surface area contributed by atoms with Crippen LogP contribution < -0.4 is 20.1 Å². The number of carbonyl (C=O) groups is 2. The number of rotatable bonds is 11. The van der Waals surface area contributed by atoms with Crippen molar-refractivity contribution in [2.75, 3.05) is 45.3 Å². The molecule has 0 aliphatic carbocycles. The molecule has 0 atom stereocenters. The van der Waals surface area contributed by atoms with Crippen LogP contribution in [0, 0.1) is 0 Å². The first-order valence-corrected chi connectivity index (χ1v) is 11.9. The summed E-state index contributed by atoms with van der Waals surface area (Å²) < 4.78 is 16.4. The first-order valence-electron chi connectivity index (χ1n) is 11.9. The van der Waals surface area contributed by atoms with Crippen molar-refractivity contribution in [1.29, 1.82) is 0 Å². The summed E-state index contributed by atoms with van der Waals surface area (Å²) in [5, 5.41) is 5.81. The Labute approximate surface area is 207 Å². The van der Waals surface area contributed by atoms with Gasteiger partial charge in [0, 0.05) is 44.4 Å². The molecule has 188 valence electrons. The SMILES string of the molecule is COc1cc(C=CC(=O)NCc2cccc(NC(=O)CCN3CCOCC3)c2)ccc1OC(C)C. The Bertz CT molecular complexity index is 1020. The Hall–Kier alpha value is -3.36. The molecule has 8 heteroatoms. The van der Waals surface area contributed by atoms with Crippen molar-refractivity contribution >= 4 is 23.6 Å². The van der Waals surface area contributed by atoms with Gasteiger partial charge in [0.25, 0.3) is 0 Å². The number of ether oxygens (including phenoxy) is 3. The monoisotopic (exact) mass is 481 g/mol. The highest BCUT2D eigenvalue weighted by molar-refractivity contribution is 5.92. The average Bonchev–Trinajstić information content (AvgIpc) is 2.86. The largest absolute Gasteiger partial charge is 0.493 e. The molecular weight excluding hydrogens is 446 g/mol. The van der Waals surface area contributed by atoms with E-state index in [-0.39, 0.29) is 17.9 Å². The maximum atomic E-state index is 12.3. The number of hydrogen-bond acceptors (Lipinski definition) is 6. The van der Waals surface area contributed by atoms with E-state index in [1.54, 1.807) is 13.2 Å². The molecule has 2 aromatic rings. The predicted molar refractivity (Wildman–Crippen MR) is 137 cm³/mol. The minimum atomic E-state index is -0.216. The number of carbonyl (C=O) groups excluding carboxylic acids is 2. The standard InChI is InChI=1S/C27H35N3O5/c1-20(2)35-24-9-7-21(18-25(24)33-3)8-10-26(31)28-19-22-5-4-6-23(17-22)29-27(32)11-12-30-13-15-34-16-14-30/h4-10,17-18,20H,11-16,19H2,1-3H3,(H,28,31)(H,29,32). The molecule has 0 bridgehead atoms. The van der Waals surface area contributed by atoms with Crippen LogP contribution in [0.25, 0.3) is 6.08 Å². The van der Waals surface area contributed by atoms with Crippen LogP contribution in [0.5, 0.6) is 11.5 Å². The second-order valence-electron chi connectivity index (χ2n) is 8.58. The highest BCUT2D eigenvalue weighted by Gasteiger charge is 2.12. The van der Waals surface area contributed by atoms with Gasteiger partial charge in [-0.2, -0.15) is 0 Å². The molecule has 0 aromatic heterocycles. The molecule has 1 heterocycles. The zero-order valence-corrected chi connectivity index (χ0v) is 20.7. The number of methoxy groups -OCH3 is 1. The van der Waals surface area contributed by atoms with Crippen molar-refractivity contribution in [3.8, 4) is 11.5 Å². The molecular formula is C27H35N3O5. The normalized spacial score (nSPS) is 14.2. The Morgan fingerprint density at radius 1 is 1.11 bits per heavy atom. The van der Waals surface area contributed by atoms with E-state index >= 15 is 0 Å². The molecule has 0 saturated carbocycles. The molecule has 8 nitrogen and oxygen atoms in total. The van der Waals surface area contributed by atoms with E-state index in [1.807, 2.05) is 56.3 Å². The van der Waals surface area contributed by atoms with Gasteiger partial charge in [-0.25, -0.2) is 0 Å². The fourth-order valence-electron chi connectivity index (χ4n) is 3.63. The predicted octanol–water partition coefficient (Wildman–Crippen LogP) is 3.47. The molecule has 35 heavy (non-hydrogen) atoms. The summed E-state index contributed by atoms with van der Waals surface area (Å²) in [6, 6.07) is 13.0. The van der Waals surface area contributed by atoms with Gasteiger partial charge < -0.3 is 24.8 Å². The van der Waals surface area contributed by atoms with Gasteiger partial charge in [-0.05, 0) is 55.3 Å². The third kappa shape index (κ3) is 9.07. The fourth-order valence-corrected chi connectivity index (χ4v) is 3.63. The Morgan fingerprint density at radius 3 is 2.66 bits per heavy atom. The summed E-state index contributed by atoms with van der Waals surface area (Å²) in [5.41, 5.74) is 2.44. The summed E-state index contributed by atoms with van der Waals surface area (Å²) in [5.74, 6) is 1.04. The van der Waals surface area contributed by atoms with Crippen LogP contribution in [-0.2, 0) is 20.9 Å². The summed E-state index contributed by atoms with van der Waals surface area (Å²) >= 11 is 0. The van der Waals surface area contributed by atoms with Crippen molar-refractivity contribution < 1.29 is 23.8 Å². The third-order valence-corrected chi connectivity index (χ3v) is 5.41. The van der Waals surface area contributed by atoms with Crippen LogP contribution in [0.15, 0.2) is 48.5 Å². The van der Waals surface area contributed by atoms with Gasteiger partial charge in [-0.15, -0.1) is 0 Å². The smallest absolute Gasteiger partial charge is 0.244 e. The number of nitrogens with one attached hydrogen (secondary N) is 2. The second kappa shape index (κ2) is 13.5. The maximum Gasteiger partial charge on any atom is 0.244 e. The number of morpholine rings is 1. The van der Waals surface area contributed by atoms with Crippen LogP contribution in [0.4, 0.5) is 5.69 Å². The van der Waals surface area contributed by atoms with Gasteiger partial charge in [-0.1, -0.05) is 18.2 Å². The summed E-state index contributed by atoms with van der Waals surface area (Å²) in [6.07, 6.45) is 3.68. The molecule has 0 radical (unpaired) electrons. The molecule has 2 N–H and O–H groups in total. The minimum Gasteiger partial charge on any atom is -0.493 e. The first kappa shape index (κ1) is 26.2. The average molecular weight is 482 g/mol. The molecule has 1 saturated heterocycles. The molecule has 3 rings (SSSR count). The van der Waals surface area contributed by atoms with Crippen LogP contribution in [0.3, 0.4) is 0 Å². The summed E-state index contributed by atoms with van der Waals surface area (Å²) in [7, 11) is 1.59. The lowest BCUT2D eigenvalue weighted by Crippen LogP contribution is -2.38. The lowest BCUT2D eigenvalue weighted by Gasteiger charge is -2.26. The number of hydrogen-bond donors (Lipinski definition) is 2. The van der Waals surface area contributed by atoms with Gasteiger partial charge >= 0.3 is 0 Å². The Kier molecular flexibility index (Phi) is 10.1. The lowest BCUT2D eigenvalue weighted by molar-refractivity contribution is -0.117. The van der Waals surface area contributed by atoms with Crippen molar-refractivity contribution in [2.24, 2.45) is 0 Å². The van der Waals surface area contributed by atoms with Gasteiger partial charge in [0.15, 0.2) is 11.5 Å². The summed E-state index contributed by atoms with van der Waals surface area (Å²) in [4.78, 5) is 26.9. The van der Waals surface area contributed by atoms with E-state index in [9.17, 15) is 9.59 Å². The lowest BCUT2D eigenvalue weighted by atomic mass is 10.1. The molecule has 1 fully saturated rings. The summed E-state index contributed by atoms with van der Waals surface area (Å²) in [6.45, 7) is 8.14. The molecule has 2 aromatic carbocycles. The van der Waals surface area contributed by atoms with Crippen molar-refractivity contribution in [3.63, 3.8) is 0 Å². The van der Waals surface area contributed by atoms with E-state index < -0.39 is 0 Å². The number of benzene rings is 2. The third-order valence-electron chi connectivity index (χ3n) is 5.41. The van der Waals surface area contributed by atoms with E-state index in [0.29, 0.717) is 24.5 Å². The van der Waals surface area contributed by atoms with Crippen molar-refractivity contribution in [2.45, 2.75) is 32.9 Å². The van der Waals surface area contributed by atoms with Crippen molar-refractivity contribution in [3.05, 3.63) is 59.7 Å². The fraction of sp³-hybridized carbons (Fsp3) is 0.407. The highest BCUT2D eigenvalue weighted by Crippen LogP contribution is 2.29. The van der Waals surface area contributed by atoms with Crippen molar-refractivity contribution in [1.82, 2.24) is 10.2 Å². The van der Waals surface area contributed by atoms with Gasteiger partial charge in [0.1, 0.15) is 0 Å². The molecule has 2 amide bonds. The van der Waals surface area contributed by atoms with E-state index in [4.69, 9.17) is 14.2 Å². The van der Waals surface area contributed by atoms with Crippen LogP contribution in [-0.4, -0.2) is 62.8 Å². The first-order chi connectivity index (χ1) is 16.9. The maximum absolute atomic E-state index is 12.3. The quantitative estimate of drug-likeness (QED) is 0.478. The second-order valence-corrected chi connectivity index (χ2v) is 8.58. The zero-order valence-electron chi connectivity index (χ0n) is 20.7. The topological polar surface area (TPSA) is 89.1 Å². The Balaban J connectivity index is 1.47. The van der Waals surface area contributed by atoms with Gasteiger partial charge in [0.05, 0.1) is 26.4 Å². The molecule has 1 aliphatic heterocycles. The number of nitrogens with zero attached hydrogens (tertiary/aromatic N) is 1. The van der Waals surface area contributed by atoms with E-state index in [1.165, 1.54) is 6.08 Å². The van der Waals surface area contributed by atoms with Crippen LogP contribution >= 0.6 is 0 Å². The zero-order chi connectivity index (χ0) is 25.0. The minimum absolute atomic E-state index is 0.0270. The molecule has 0 unspecified atom stereocenters. The van der Waals surface area contributed by atoms with E-state index in [2.05, 4.69) is 15.5 Å². The number of anilines is 1. The molecule has 1 aliphatic rings. The van der Waals surface area contributed by atoms with Gasteiger partial charge in [-0.3, -0.25) is 14.5 Å². The Morgan fingerprint density at radius 2 is 1.91 bits per heavy atom. The van der Waals surface area contributed by atoms with Crippen LogP contribution in [0.2, 0.25) is 0 Å². The van der Waals surface area contributed by atoms with E-state index in [0.717, 1.165) is 49.7 Å². The molecule has 0 spiro atoms. The highest BCUT2D eigenvalue weighted by atomic mass is 16.5. The van der Waals surface area contributed by atoms with Crippen LogP contribution in [0.1, 0.15) is 31.4 Å². The number of amides is 2.